The molecule has 0 saturated carbocycles. The fourth-order valence-electron chi connectivity index (χ4n) is 5.22. The Kier molecular flexibility index (Phi) is 9.96. The molecule has 5 rings (SSSR count). The summed E-state index contributed by atoms with van der Waals surface area (Å²) in [6, 6.07) is -0.483. The highest BCUT2D eigenvalue weighted by molar-refractivity contribution is 8.02. The monoisotopic (exact) mass is 767 g/mol. The molecule has 8 N–H and O–H groups in total. The third-order valence-corrected chi connectivity index (χ3v) is 10.6. The third-order valence-electron chi connectivity index (χ3n) is 7.93. The number of hydrazone groups is 1. The van der Waals surface area contributed by atoms with E-state index in [2.05, 4.69) is 25.9 Å². The van der Waals surface area contributed by atoms with Crippen molar-refractivity contribution in [3.8, 4) is 11.5 Å². The van der Waals surface area contributed by atoms with Gasteiger partial charge in [-0.05, 0) is 32.9 Å². The van der Waals surface area contributed by atoms with Crippen molar-refractivity contribution < 1.29 is 54.0 Å². The van der Waals surface area contributed by atoms with E-state index in [9.17, 15) is 49.2 Å². The quantitative estimate of drug-likeness (QED) is 0.0653. The Morgan fingerprint density at radius 2 is 1.94 bits per heavy atom. The normalized spacial score (nSPS) is 23.3. The van der Waals surface area contributed by atoms with Crippen LogP contribution in [0.3, 0.4) is 0 Å². The zero-order valence-corrected chi connectivity index (χ0v) is 29.2. The van der Waals surface area contributed by atoms with Crippen LogP contribution in [0, 0.1) is 0 Å². The summed E-state index contributed by atoms with van der Waals surface area (Å²) in [7, 11) is 0. The summed E-state index contributed by atoms with van der Waals surface area (Å²) in [5, 5.41) is 53.0. The van der Waals surface area contributed by atoms with Crippen molar-refractivity contribution in [2.24, 2.45) is 10.3 Å². The lowest BCUT2D eigenvalue weighted by Gasteiger charge is -2.41. The standard InChI is InChI=1S/C28H30ClN9O11S2/c1-11-8-37(32-7-6-31-19(41)12-4-5-14(39)18(40)15(12)29)26(48)38(11)28(24(46)47)10-36-21(43)17(22(36)51-28)34-20(42)16(13-9-50-25(30)33-13)35-49-27(2,3)23(44)45/h4-5,7,9,11,17,22,39-40H,6,8,10H2,1-3H3,(H2,30,33)(H,31,41)(H,34,42)(H,44,45)(H,46,47)/b32-7+,35-16-/t11-,17?,22+,28+/m0/s1. The number of carboxylic acids is 2. The summed E-state index contributed by atoms with van der Waals surface area (Å²) in [6.45, 7) is 3.34. The number of carbonyl (C=O) groups excluding carboxylic acids is 4. The van der Waals surface area contributed by atoms with Crippen molar-refractivity contribution in [3.05, 3.63) is 33.8 Å². The van der Waals surface area contributed by atoms with Crippen LogP contribution in [0.2, 0.25) is 5.02 Å². The molecule has 0 aliphatic carbocycles. The van der Waals surface area contributed by atoms with Gasteiger partial charge >= 0.3 is 18.0 Å². The van der Waals surface area contributed by atoms with Crippen molar-refractivity contribution in [2.45, 2.75) is 48.7 Å². The van der Waals surface area contributed by atoms with E-state index in [1.165, 1.54) is 36.4 Å². The summed E-state index contributed by atoms with van der Waals surface area (Å²) < 4.78 is 0. The predicted molar refractivity (Wildman–Crippen MR) is 180 cm³/mol. The number of hydrogen-bond donors (Lipinski definition) is 7. The number of thiazole rings is 1. The smallest absolute Gasteiger partial charge is 0.350 e. The van der Waals surface area contributed by atoms with Gasteiger partial charge in [0.2, 0.25) is 16.4 Å². The SMILES string of the molecule is C[C@H]1CN(/N=C/CNC(=O)c2ccc(O)c(O)c2Cl)C(=O)N1[C@]1(C(=O)O)CN2C(=O)C(NC(=O)/C(=N\OC(C)(C)C(=O)O)c3csc(N)n3)[C@H]2S1. The second-order valence-corrected chi connectivity index (χ2v) is 14.5. The van der Waals surface area contributed by atoms with E-state index in [1.807, 2.05) is 0 Å². The molecule has 20 nitrogen and oxygen atoms in total. The molecule has 0 radical (unpaired) electrons. The van der Waals surface area contributed by atoms with Gasteiger partial charge in [0.05, 0.1) is 36.3 Å². The average molecular weight is 768 g/mol. The molecule has 1 unspecified atom stereocenters. The molecule has 272 valence electrons. The van der Waals surface area contributed by atoms with Crippen molar-refractivity contribution >= 4 is 87.4 Å². The van der Waals surface area contributed by atoms with Crippen molar-refractivity contribution in [1.29, 1.82) is 0 Å². The van der Waals surface area contributed by atoms with Crippen LogP contribution in [-0.2, 0) is 24.0 Å². The number of aromatic hydroxyl groups is 2. The van der Waals surface area contributed by atoms with Gasteiger partial charge in [0, 0.05) is 11.6 Å². The van der Waals surface area contributed by atoms with Crippen LogP contribution in [-0.4, -0.2) is 135 Å². The number of fused-ring (bicyclic) bond motifs is 1. The topological polar surface area (TPSA) is 290 Å². The number of amides is 5. The molecular weight excluding hydrogens is 738 g/mol. The van der Waals surface area contributed by atoms with E-state index in [1.54, 1.807) is 6.92 Å². The van der Waals surface area contributed by atoms with Crippen LogP contribution < -0.4 is 16.4 Å². The van der Waals surface area contributed by atoms with Crippen molar-refractivity contribution in [1.82, 2.24) is 30.4 Å². The van der Waals surface area contributed by atoms with E-state index in [4.69, 9.17) is 22.2 Å². The van der Waals surface area contributed by atoms with Gasteiger partial charge in [-0.25, -0.2) is 24.4 Å². The number of aromatic nitrogens is 1. The molecule has 3 aliphatic heterocycles. The van der Waals surface area contributed by atoms with Gasteiger partial charge in [0.1, 0.15) is 17.1 Å². The van der Waals surface area contributed by atoms with Crippen LogP contribution in [0.5, 0.6) is 11.5 Å². The molecule has 5 amide bonds. The van der Waals surface area contributed by atoms with E-state index in [0.717, 1.165) is 39.1 Å². The fourth-order valence-corrected chi connectivity index (χ4v) is 7.73. The lowest BCUT2D eigenvalue weighted by atomic mass is 10.0. The van der Waals surface area contributed by atoms with Crippen molar-refractivity contribution in [2.75, 3.05) is 25.4 Å². The first-order chi connectivity index (χ1) is 23.9. The molecule has 3 fully saturated rings. The maximum absolute atomic E-state index is 13.5. The number of carboxylic acid groups (broad SMARTS) is 2. The highest BCUT2D eigenvalue weighted by Crippen LogP contribution is 2.50. The summed E-state index contributed by atoms with van der Waals surface area (Å²) in [5.41, 5.74) is 3.20. The van der Waals surface area contributed by atoms with Gasteiger partial charge in [-0.2, -0.15) is 5.10 Å². The minimum Gasteiger partial charge on any atom is -0.504 e. The number of halogens is 1. The van der Waals surface area contributed by atoms with Gasteiger partial charge < -0.3 is 46.5 Å². The molecule has 1 aromatic heterocycles. The maximum Gasteiger partial charge on any atom is 0.350 e. The minimum absolute atomic E-state index is 0.0431. The van der Waals surface area contributed by atoms with Crippen LogP contribution in [0.1, 0.15) is 36.8 Å². The van der Waals surface area contributed by atoms with Gasteiger partial charge in [0.25, 0.3) is 11.8 Å². The van der Waals surface area contributed by atoms with E-state index in [0.29, 0.717) is 0 Å². The first kappa shape index (κ1) is 36.9. The molecule has 3 aliphatic rings. The molecule has 23 heteroatoms. The van der Waals surface area contributed by atoms with Crippen LogP contribution in [0.4, 0.5) is 9.93 Å². The van der Waals surface area contributed by atoms with E-state index in [-0.39, 0.29) is 34.5 Å². The minimum atomic E-state index is -1.97. The van der Waals surface area contributed by atoms with Gasteiger partial charge in [-0.1, -0.05) is 28.5 Å². The number of rotatable bonds is 12. The molecular formula is C28H30ClN9O11S2. The number of anilines is 1. The van der Waals surface area contributed by atoms with Crippen LogP contribution in [0.15, 0.2) is 27.8 Å². The molecule has 1 aromatic carbocycles. The Hall–Kier alpha value is -5.35. The number of phenolic OH excluding ortho intramolecular Hbond substituents is 2. The summed E-state index contributed by atoms with van der Waals surface area (Å²) in [4.78, 5) is 86.4. The lowest BCUT2D eigenvalue weighted by Crippen LogP contribution is -2.68. The number of thioether (sulfide) groups is 1. The number of carbonyl (C=O) groups is 6. The number of nitrogens with one attached hydrogen (secondary N) is 2. The maximum atomic E-state index is 13.5. The molecule has 4 heterocycles. The Bertz CT molecular complexity index is 1890. The number of hydrogen-bond acceptors (Lipinski definition) is 15. The molecule has 3 saturated heterocycles. The van der Waals surface area contributed by atoms with Crippen molar-refractivity contribution in [3.63, 3.8) is 0 Å². The number of aliphatic carboxylic acids is 2. The third kappa shape index (κ3) is 6.76. The molecule has 2 aromatic rings. The largest absolute Gasteiger partial charge is 0.504 e. The van der Waals surface area contributed by atoms with Crippen LogP contribution in [0.25, 0.3) is 0 Å². The number of nitrogen functional groups attached to an aromatic ring is 1. The first-order valence-electron chi connectivity index (χ1n) is 14.7. The number of nitrogens with zero attached hydrogens (tertiary/aromatic N) is 6. The number of nitrogens with two attached hydrogens (primary N) is 1. The number of oxime groups is 1. The summed E-state index contributed by atoms with van der Waals surface area (Å²) in [6.07, 6.45) is 1.19. The Balaban J connectivity index is 1.27. The second kappa shape index (κ2) is 13.8. The van der Waals surface area contributed by atoms with E-state index >= 15 is 0 Å². The highest BCUT2D eigenvalue weighted by atomic mass is 35.5. The second-order valence-electron chi connectivity index (χ2n) is 11.8. The summed E-state index contributed by atoms with van der Waals surface area (Å²) in [5.74, 6) is -6.30. The predicted octanol–water partition coefficient (Wildman–Crippen LogP) is 0.0965. The zero-order valence-electron chi connectivity index (χ0n) is 26.8. The lowest BCUT2D eigenvalue weighted by molar-refractivity contribution is -0.161. The average Bonchev–Trinajstić information content (AvgIpc) is 3.74. The van der Waals surface area contributed by atoms with Gasteiger partial charge in [0.15, 0.2) is 22.3 Å². The van der Waals surface area contributed by atoms with Gasteiger partial charge in [-0.3, -0.25) is 19.3 Å². The number of β-lactam (4-membered cyclic amide) rings is 1. The van der Waals surface area contributed by atoms with Crippen LogP contribution >= 0.6 is 34.7 Å². The summed E-state index contributed by atoms with van der Waals surface area (Å²) >= 11 is 7.65. The van der Waals surface area contributed by atoms with Gasteiger partial charge in [-0.15, -0.1) is 11.3 Å². The number of phenols is 2. The number of urea groups is 1. The molecule has 0 bridgehead atoms. The zero-order chi connectivity index (χ0) is 37.6. The molecule has 4 atom stereocenters. The number of benzene rings is 1. The van der Waals surface area contributed by atoms with E-state index < -0.39 is 87.4 Å². The fraction of sp³-hybridized carbons (Fsp3) is 0.393. The Labute approximate surface area is 300 Å². The Morgan fingerprint density at radius 1 is 1.24 bits per heavy atom. The highest BCUT2D eigenvalue weighted by Gasteiger charge is 2.67. The first-order valence-corrected chi connectivity index (χ1v) is 16.9. The molecule has 51 heavy (non-hydrogen) atoms. The molecule has 0 spiro atoms. The Morgan fingerprint density at radius 3 is 2.57 bits per heavy atom.